The number of likely N-dealkylation sites (N-methyl/N-ethyl adjacent to an activating group) is 1. The molecule has 0 aromatic heterocycles. The van der Waals surface area contributed by atoms with Gasteiger partial charge >= 0.3 is 0 Å². The second kappa shape index (κ2) is 11.9. The van der Waals surface area contributed by atoms with Crippen molar-refractivity contribution in [2.75, 3.05) is 13.6 Å². The standard InChI is InChI=1S/C7H12N2.C2H6/c1-4-7(5-8-2)6-9-3;1-2/h4-5,9H,1-2,6H2,3H3;1-2H3/b7-5+;. The van der Waals surface area contributed by atoms with Crippen molar-refractivity contribution in [3.8, 4) is 0 Å². The van der Waals surface area contributed by atoms with E-state index < -0.39 is 0 Å². The highest BCUT2D eigenvalue weighted by atomic mass is 14.8. The van der Waals surface area contributed by atoms with Gasteiger partial charge in [0.15, 0.2) is 0 Å². The Balaban J connectivity index is 0. The van der Waals surface area contributed by atoms with E-state index in [1.54, 1.807) is 12.3 Å². The maximum atomic E-state index is 3.60. The van der Waals surface area contributed by atoms with E-state index in [1.165, 1.54) is 0 Å². The number of rotatable bonds is 4. The summed E-state index contributed by atoms with van der Waals surface area (Å²) in [6.45, 7) is 11.7. The lowest BCUT2D eigenvalue weighted by molar-refractivity contribution is 0.893. The Hall–Kier alpha value is -0.890. The molecule has 0 fully saturated rings. The van der Waals surface area contributed by atoms with Crippen LogP contribution < -0.4 is 5.32 Å². The van der Waals surface area contributed by atoms with Gasteiger partial charge in [-0.25, -0.2) is 0 Å². The van der Waals surface area contributed by atoms with Crippen LogP contribution >= 0.6 is 0 Å². The largest absolute Gasteiger partial charge is 0.316 e. The second-order valence-electron chi connectivity index (χ2n) is 1.62. The third-order valence-electron chi connectivity index (χ3n) is 0.900. The molecule has 0 atom stereocenters. The van der Waals surface area contributed by atoms with Gasteiger partial charge in [-0.15, -0.1) is 0 Å². The van der Waals surface area contributed by atoms with Crippen LogP contribution in [0.2, 0.25) is 0 Å². The van der Waals surface area contributed by atoms with E-state index in [2.05, 4.69) is 23.6 Å². The molecular formula is C9H18N2. The average molecular weight is 154 g/mol. The van der Waals surface area contributed by atoms with Crippen molar-refractivity contribution < 1.29 is 0 Å². The van der Waals surface area contributed by atoms with Gasteiger partial charge in [0.05, 0.1) is 0 Å². The molecule has 64 valence electrons. The zero-order valence-corrected chi connectivity index (χ0v) is 7.72. The number of hydrogen-bond donors (Lipinski definition) is 1. The lowest BCUT2D eigenvalue weighted by atomic mass is 10.3. The summed E-state index contributed by atoms with van der Waals surface area (Å²) in [4.78, 5) is 3.60. The molecule has 0 aliphatic carbocycles. The van der Waals surface area contributed by atoms with Gasteiger partial charge in [0.2, 0.25) is 0 Å². The number of nitrogens with one attached hydrogen (secondary N) is 1. The zero-order chi connectivity index (χ0) is 9.11. The Morgan fingerprint density at radius 3 is 2.36 bits per heavy atom. The Morgan fingerprint density at radius 2 is 2.09 bits per heavy atom. The molecule has 0 heterocycles. The minimum atomic E-state index is 0.794. The minimum Gasteiger partial charge on any atom is -0.316 e. The summed E-state index contributed by atoms with van der Waals surface area (Å²) in [5.74, 6) is 0. The summed E-state index contributed by atoms with van der Waals surface area (Å²) in [6, 6.07) is 0. The van der Waals surface area contributed by atoms with E-state index in [1.807, 2.05) is 20.9 Å². The van der Waals surface area contributed by atoms with Gasteiger partial charge in [-0.2, -0.15) is 0 Å². The topological polar surface area (TPSA) is 24.4 Å². The van der Waals surface area contributed by atoms with Gasteiger partial charge in [0.1, 0.15) is 0 Å². The molecule has 2 heteroatoms. The average Bonchev–Trinajstić information content (AvgIpc) is 2.08. The minimum absolute atomic E-state index is 0.794. The van der Waals surface area contributed by atoms with Crippen LogP contribution in [-0.2, 0) is 0 Å². The molecule has 0 aromatic carbocycles. The van der Waals surface area contributed by atoms with E-state index >= 15 is 0 Å². The summed E-state index contributed by atoms with van der Waals surface area (Å²) >= 11 is 0. The number of aliphatic imine (C=N–C) groups is 1. The Labute approximate surface area is 69.7 Å². The first kappa shape index (κ1) is 12.8. The summed E-state index contributed by atoms with van der Waals surface area (Å²) in [6.07, 6.45) is 3.44. The Kier molecular flexibility index (Phi) is 13.7. The maximum absolute atomic E-state index is 3.60. The molecule has 0 unspecified atom stereocenters. The molecule has 0 radical (unpaired) electrons. The van der Waals surface area contributed by atoms with E-state index in [0.29, 0.717) is 0 Å². The molecule has 0 amide bonds. The quantitative estimate of drug-likeness (QED) is 0.486. The smallest absolute Gasteiger partial charge is 0.0305 e. The third kappa shape index (κ3) is 9.11. The zero-order valence-electron chi connectivity index (χ0n) is 7.72. The van der Waals surface area contributed by atoms with Crippen molar-refractivity contribution in [2.24, 2.45) is 4.99 Å². The molecule has 0 spiro atoms. The normalized spacial score (nSPS) is 9.55. The predicted octanol–water partition coefficient (Wildman–Crippen LogP) is 2.00. The fourth-order valence-electron chi connectivity index (χ4n) is 0.492. The van der Waals surface area contributed by atoms with Crippen molar-refractivity contribution in [1.29, 1.82) is 0 Å². The highest BCUT2D eigenvalue weighted by Gasteiger charge is 1.84. The summed E-state index contributed by atoms with van der Waals surface area (Å²) in [5.41, 5.74) is 1.05. The van der Waals surface area contributed by atoms with E-state index in [9.17, 15) is 0 Å². The van der Waals surface area contributed by atoms with Crippen molar-refractivity contribution in [1.82, 2.24) is 5.32 Å². The van der Waals surface area contributed by atoms with Crippen LogP contribution in [0.5, 0.6) is 0 Å². The molecule has 0 bridgehead atoms. The van der Waals surface area contributed by atoms with Crippen LogP contribution in [0.4, 0.5) is 0 Å². The van der Waals surface area contributed by atoms with Crippen molar-refractivity contribution in [3.63, 3.8) is 0 Å². The van der Waals surface area contributed by atoms with Crippen LogP contribution in [-0.4, -0.2) is 20.3 Å². The Morgan fingerprint density at radius 1 is 1.55 bits per heavy atom. The van der Waals surface area contributed by atoms with Crippen LogP contribution in [0.15, 0.2) is 29.4 Å². The highest BCUT2D eigenvalue weighted by Crippen LogP contribution is 1.91. The number of hydrogen-bond acceptors (Lipinski definition) is 2. The van der Waals surface area contributed by atoms with Gasteiger partial charge in [-0.3, -0.25) is 4.99 Å². The molecule has 1 N–H and O–H groups in total. The summed E-state index contributed by atoms with van der Waals surface area (Å²) < 4.78 is 0. The molecule has 0 rings (SSSR count). The van der Waals surface area contributed by atoms with Crippen molar-refractivity contribution in [3.05, 3.63) is 24.4 Å². The summed E-state index contributed by atoms with van der Waals surface area (Å²) in [7, 11) is 1.88. The molecule has 0 aromatic rings. The molecule has 11 heavy (non-hydrogen) atoms. The fraction of sp³-hybridized carbons (Fsp3) is 0.444. The molecule has 0 aliphatic rings. The van der Waals surface area contributed by atoms with Gasteiger partial charge in [0, 0.05) is 12.7 Å². The second-order valence-corrected chi connectivity index (χ2v) is 1.62. The third-order valence-corrected chi connectivity index (χ3v) is 0.900. The molecule has 0 saturated carbocycles. The molecule has 2 nitrogen and oxygen atoms in total. The van der Waals surface area contributed by atoms with Crippen molar-refractivity contribution >= 4 is 6.72 Å². The van der Waals surface area contributed by atoms with Crippen LogP contribution in [0, 0.1) is 0 Å². The van der Waals surface area contributed by atoms with Crippen molar-refractivity contribution in [2.45, 2.75) is 13.8 Å². The van der Waals surface area contributed by atoms with E-state index in [4.69, 9.17) is 0 Å². The first-order valence-electron chi connectivity index (χ1n) is 3.77. The van der Waals surface area contributed by atoms with Gasteiger partial charge in [0.25, 0.3) is 0 Å². The van der Waals surface area contributed by atoms with Crippen LogP contribution in [0.25, 0.3) is 0 Å². The lowest BCUT2D eigenvalue weighted by Gasteiger charge is -1.95. The van der Waals surface area contributed by atoms with Crippen LogP contribution in [0.1, 0.15) is 13.8 Å². The molecule has 0 saturated heterocycles. The number of nitrogens with zero attached hydrogens (tertiary/aromatic N) is 1. The van der Waals surface area contributed by atoms with E-state index in [0.717, 1.165) is 12.1 Å². The molecular weight excluding hydrogens is 136 g/mol. The fourth-order valence-corrected chi connectivity index (χ4v) is 0.492. The first-order valence-corrected chi connectivity index (χ1v) is 3.77. The van der Waals surface area contributed by atoms with E-state index in [-0.39, 0.29) is 0 Å². The summed E-state index contributed by atoms with van der Waals surface area (Å²) in [5, 5.41) is 2.98. The van der Waals surface area contributed by atoms with Gasteiger partial charge in [-0.05, 0) is 19.3 Å². The monoisotopic (exact) mass is 154 g/mol. The van der Waals surface area contributed by atoms with Gasteiger partial charge < -0.3 is 5.32 Å². The highest BCUT2D eigenvalue weighted by molar-refractivity contribution is 5.28. The first-order chi connectivity index (χ1) is 5.35. The maximum Gasteiger partial charge on any atom is 0.0305 e. The van der Waals surface area contributed by atoms with Gasteiger partial charge in [-0.1, -0.05) is 26.5 Å². The lowest BCUT2D eigenvalue weighted by Crippen LogP contribution is -2.08. The predicted molar refractivity (Wildman–Crippen MR) is 53.1 cm³/mol. The van der Waals surface area contributed by atoms with Crippen LogP contribution in [0.3, 0.4) is 0 Å². The Bertz CT molecular complexity index is 126. The SMILES string of the molecule is C=C/C(=C\N=C)CNC.CC. The molecule has 0 aliphatic heterocycles.